The molecular formula is C25H37ClN4O3. The highest BCUT2D eigenvalue weighted by molar-refractivity contribution is 6.19. The van der Waals surface area contributed by atoms with Crippen LogP contribution in [0.4, 0.5) is 5.69 Å². The van der Waals surface area contributed by atoms with Crippen LogP contribution >= 0.6 is 11.6 Å². The van der Waals surface area contributed by atoms with Gasteiger partial charge < -0.3 is 20.0 Å². The van der Waals surface area contributed by atoms with Gasteiger partial charge in [0, 0.05) is 31.2 Å². The number of nitrogens with one attached hydrogen (secondary N) is 1. The molecule has 2 aliphatic heterocycles. The number of nitrogens with zero attached hydrogens (tertiary/aromatic N) is 3. The molecule has 0 aromatic heterocycles. The van der Waals surface area contributed by atoms with E-state index >= 15 is 0 Å². The van der Waals surface area contributed by atoms with Crippen molar-refractivity contribution < 1.29 is 14.4 Å². The van der Waals surface area contributed by atoms with Gasteiger partial charge >= 0.3 is 0 Å². The van der Waals surface area contributed by atoms with Gasteiger partial charge in [0.15, 0.2) is 0 Å². The molecule has 1 unspecified atom stereocenters. The van der Waals surface area contributed by atoms with Crippen molar-refractivity contribution in [1.29, 1.82) is 0 Å². The van der Waals surface area contributed by atoms with Crippen molar-refractivity contribution in [2.75, 3.05) is 43.6 Å². The molecule has 7 nitrogen and oxygen atoms in total. The van der Waals surface area contributed by atoms with E-state index in [9.17, 15) is 14.4 Å². The molecule has 0 saturated carbocycles. The van der Waals surface area contributed by atoms with E-state index in [4.69, 9.17) is 11.6 Å². The molecule has 2 fully saturated rings. The standard InChI is InChI=1S/C25H37ClN4O3/c1-5-19(2)15-27-21(31)16-29-18-30(20-9-7-6-8-10-20)25(23(29)33)11-13-28(14-12-25)22(32)24(3,4)17-26/h6-10,19H,5,11-18H2,1-4H3,(H,27,31). The number of hydrogen-bond acceptors (Lipinski definition) is 4. The smallest absolute Gasteiger partial charge is 0.250 e. The SMILES string of the molecule is CCC(C)CNC(=O)CN1CN(c2ccccc2)C2(CCN(C(=O)C(C)(C)CCl)CC2)C1=O. The highest BCUT2D eigenvalue weighted by atomic mass is 35.5. The van der Waals surface area contributed by atoms with Gasteiger partial charge in [-0.3, -0.25) is 14.4 Å². The number of hydrogen-bond donors (Lipinski definition) is 1. The van der Waals surface area contributed by atoms with Crippen molar-refractivity contribution in [3.05, 3.63) is 30.3 Å². The number of benzene rings is 1. The van der Waals surface area contributed by atoms with Crippen molar-refractivity contribution in [2.45, 2.75) is 52.5 Å². The van der Waals surface area contributed by atoms with Crippen molar-refractivity contribution in [1.82, 2.24) is 15.1 Å². The number of carbonyl (C=O) groups excluding carboxylic acids is 3. The van der Waals surface area contributed by atoms with Gasteiger partial charge in [-0.1, -0.05) is 38.5 Å². The first-order valence-corrected chi connectivity index (χ1v) is 12.4. The summed E-state index contributed by atoms with van der Waals surface area (Å²) < 4.78 is 0. The van der Waals surface area contributed by atoms with E-state index in [1.165, 1.54) is 0 Å². The Hall–Kier alpha value is -2.28. The lowest BCUT2D eigenvalue weighted by Crippen LogP contribution is -2.58. The zero-order valence-electron chi connectivity index (χ0n) is 20.3. The maximum Gasteiger partial charge on any atom is 0.250 e. The van der Waals surface area contributed by atoms with E-state index in [1.807, 2.05) is 49.1 Å². The third-order valence-electron chi connectivity index (χ3n) is 7.05. The summed E-state index contributed by atoms with van der Waals surface area (Å²) in [6, 6.07) is 9.85. The molecule has 2 saturated heterocycles. The molecule has 3 rings (SSSR count). The lowest BCUT2D eigenvalue weighted by molar-refractivity contribution is -0.144. The molecule has 8 heteroatoms. The molecule has 1 spiro atoms. The van der Waals surface area contributed by atoms with Gasteiger partial charge in [0.25, 0.3) is 5.91 Å². The summed E-state index contributed by atoms with van der Waals surface area (Å²) in [5.41, 5.74) is -0.431. The highest BCUT2D eigenvalue weighted by Gasteiger charge is 2.54. The van der Waals surface area contributed by atoms with Crippen LogP contribution in [0.5, 0.6) is 0 Å². The fourth-order valence-corrected chi connectivity index (χ4v) is 4.66. The van der Waals surface area contributed by atoms with Crippen LogP contribution in [0.2, 0.25) is 0 Å². The second kappa shape index (κ2) is 10.3. The third kappa shape index (κ3) is 5.29. The number of likely N-dealkylation sites (tertiary alicyclic amines) is 1. The number of amides is 3. The maximum atomic E-state index is 13.7. The predicted molar refractivity (Wildman–Crippen MR) is 131 cm³/mol. The number of rotatable bonds is 8. The third-order valence-corrected chi connectivity index (χ3v) is 7.72. The first-order valence-electron chi connectivity index (χ1n) is 11.9. The molecule has 2 aliphatic rings. The van der Waals surface area contributed by atoms with Crippen LogP contribution in [0.25, 0.3) is 0 Å². The van der Waals surface area contributed by atoms with Crippen molar-refractivity contribution in [3.63, 3.8) is 0 Å². The molecule has 3 amide bonds. The molecule has 1 atom stereocenters. The molecule has 2 heterocycles. The van der Waals surface area contributed by atoms with Crippen molar-refractivity contribution in [2.24, 2.45) is 11.3 Å². The summed E-state index contributed by atoms with van der Waals surface area (Å²) in [5, 5.41) is 2.96. The minimum Gasteiger partial charge on any atom is -0.354 e. The fourth-order valence-electron chi connectivity index (χ4n) is 4.55. The number of halogens is 1. The van der Waals surface area contributed by atoms with Gasteiger partial charge in [-0.15, -0.1) is 11.6 Å². The van der Waals surface area contributed by atoms with Crippen LogP contribution in [0, 0.1) is 11.3 Å². The van der Waals surface area contributed by atoms with Gasteiger partial charge in [0.2, 0.25) is 11.8 Å². The minimum atomic E-state index is -0.750. The molecular weight excluding hydrogens is 440 g/mol. The monoisotopic (exact) mass is 476 g/mol. The van der Waals surface area contributed by atoms with Crippen LogP contribution < -0.4 is 10.2 Å². The molecule has 0 bridgehead atoms. The molecule has 1 N–H and O–H groups in total. The molecule has 1 aromatic carbocycles. The number of anilines is 1. The van der Waals surface area contributed by atoms with Crippen LogP contribution in [-0.2, 0) is 14.4 Å². The summed E-state index contributed by atoms with van der Waals surface area (Å²) >= 11 is 6.02. The van der Waals surface area contributed by atoms with Crippen molar-refractivity contribution >= 4 is 35.0 Å². The van der Waals surface area contributed by atoms with E-state index in [0.717, 1.165) is 12.1 Å². The van der Waals surface area contributed by atoms with Crippen LogP contribution in [0.3, 0.4) is 0 Å². The summed E-state index contributed by atoms with van der Waals surface area (Å²) in [6.07, 6.45) is 2.04. The molecule has 0 radical (unpaired) electrons. The van der Waals surface area contributed by atoms with E-state index in [-0.39, 0.29) is 30.1 Å². The van der Waals surface area contributed by atoms with E-state index in [1.54, 1.807) is 4.90 Å². The molecule has 1 aromatic rings. The summed E-state index contributed by atoms with van der Waals surface area (Å²) in [5.74, 6) is 0.501. The number of alkyl halides is 1. The number of para-hydroxylation sites is 1. The van der Waals surface area contributed by atoms with E-state index < -0.39 is 11.0 Å². The Morgan fingerprint density at radius 3 is 2.39 bits per heavy atom. The zero-order chi connectivity index (χ0) is 24.2. The molecule has 0 aliphatic carbocycles. The molecule has 33 heavy (non-hydrogen) atoms. The first kappa shape index (κ1) is 25.3. The normalized spacial score (nSPS) is 19.2. The summed E-state index contributed by atoms with van der Waals surface area (Å²) in [7, 11) is 0. The van der Waals surface area contributed by atoms with Crippen LogP contribution in [0.1, 0.15) is 47.0 Å². The van der Waals surface area contributed by atoms with Crippen LogP contribution in [-0.4, -0.2) is 71.8 Å². The van der Waals surface area contributed by atoms with Gasteiger partial charge in [0.05, 0.1) is 12.1 Å². The summed E-state index contributed by atoms with van der Waals surface area (Å²) in [4.78, 5) is 44.8. The average molecular weight is 477 g/mol. The maximum absolute atomic E-state index is 13.7. The Labute approximate surface area is 202 Å². The van der Waals surface area contributed by atoms with Gasteiger partial charge in [-0.2, -0.15) is 0 Å². The van der Waals surface area contributed by atoms with E-state index in [0.29, 0.717) is 45.1 Å². The Morgan fingerprint density at radius 2 is 1.82 bits per heavy atom. The van der Waals surface area contributed by atoms with Gasteiger partial charge in [0.1, 0.15) is 12.1 Å². The largest absolute Gasteiger partial charge is 0.354 e. The quantitative estimate of drug-likeness (QED) is 0.585. The zero-order valence-corrected chi connectivity index (χ0v) is 21.0. The topological polar surface area (TPSA) is 73.0 Å². The van der Waals surface area contributed by atoms with Crippen LogP contribution in [0.15, 0.2) is 30.3 Å². The Morgan fingerprint density at radius 1 is 1.18 bits per heavy atom. The molecule has 182 valence electrons. The predicted octanol–water partition coefficient (Wildman–Crippen LogP) is 3.08. The number of carbonyl (C=O) groups is 3. The van der Waals surface area contributed by atoms with Gasteiger partial charge in [-0.25, -0.2) is 0 Å². The second-order valence-corrected chi connectivity index (χ2v) is 10.3. The number of piperidine rings is 1. The Balaban J connectivity index is 1.78. The lowest BCUT2D eigenvalue weighted by atomic mass is 9.84. The summed E-state index contributed by atoms with van der Waals surface area (Å²) in [6.45, 7) is 9.88. The van der Waals surface area contributed by atoms with Gasteiger partial charge in [-0.05, 0) is 44.7 Å². The second-order valence-electron chi connectivity index (χ2n) is 10.1. The lowest BCUT2D eigenvalue weighted by Gasteiger charge is -2.44. The Kier molecular flexibility index (Phi) is 7.93. The fraction of sp³-hybridized carbons (Fsp3) is 0.640. The average Bonchev–Trinajstić information content (AvgIpc) is 3.09. The first-order chi connectivity index (χ1) is 15.6. The van der Waals surface area contributed by atoms with Crippen molar-refractivity contribution in [3.8, 4) is 0 Å². The minimum absolute atomic E-state index is 0.0188. The highest BCUT2D eigenvalue weighted by Crippen LogP contribution is 2.40. The Bertz CT molecular complexity index is 852. The van der Waals surface area contributed by atoms with E-state index in [2.05, 4.69) is 24.1 Å².